The van der Waals surface area contributed by atoms with Gasteiger partial charge in [-0.2, -0.15) is 0 Å². The van der Waals surface area contributed by atoms with Crippen molar-refractivity contribution in [2.75, 3.05) is 26.2 Å². The van der Waals surface area contributed by atoms with Crippen LogP contribution in [-0.2, 0) is 6.54 Å². The Hall–Kier alpha value is -2.12. The SMILES string of the molecule is CCOc1ncccc1CNC(=O)NCC(c1cccs1)N1CCCC1. The zero-order valence-electron chi connectivity index (χ0n) is 15.1. The van der Waals surface area contributed by atoms with Crippen LogP contribution in [0.15, 0.2) is 35.8 Å². The first kappa shape index (κ1) is 18.7. The van der Waals surface area contributed by atoms with Crippen LogP contribution in [0.4, 0.5) is 4.79 Å². The highest BCUT2D eigenvalue weighted by Crippen LogP contribution is 2.27. The maximum absolute atomic E-state index is 12.3. The van der Waals surface area contributed by atoms with Crippen molar-refractivity contribution < 1.29 is 9.53 Å². The molecule has 0 aliphatic carbocycles. The quantitative estimate of drug-likeness (QED) is 0.745. The number of hydrogen-bond donors (Lipinski definition) is 2. The van der Waals surface area contributed by atoms with Crippen molar-refractivity contribution in [3.8, 4) is 5.88 Å². The van der Waals surface area contributed by atoms with Gasteiger partial charge in [-0.1, -0.05) is 12.1 Å². The number of ether oxygens (including phenoxy) is 1. The van der Waals surface area contributed by atoms with E-state index in [0.29, 0.717) is 25.6 Å². The summed E-state index contributed by atoms with van der Waals surface area (Å²) in [4.78, 5) is 20.2. The Kier molecular flexibility index (Phi) is 6.85. The van der Waals surface area contributed by atoms with Gasteiger partial charge in [0.2, 0.25) is 5.88 Å². The molecule has 140 valence electrons. The number of pyridine rings is 1. The molecule has 0 saturated carbocycles. The zero-order chi connectivity index (χ0) is 18.2. The summed E-state index contributed by atoms with van der Waals surface area (Å²) in [6.45, 7) is 5.66. The first-order valence-electron chi connectivity index (χ1n) is 9.13. The van der Waals surface area contributed by atoms with Gasteiger partial charge in [0.1, 0.15) is 0 Å². The molecule has 2 amide bonds. The molecule has 0 bridgehead atoms. The lowest BCUT2D eigenvalue weighted by atomic mass is 10.2. The molecule has 1 saturated heterocycles. The van der Waals surface area contributed by atoms with E-state index in [-0.39, 0.29) is 12.1 Å². The van der Waals surface area contributed by atoms with Crippen molar-refractivity contribution >= 4 is 17.4 Å². The van der Waals surface area contributed by atoms with E-state index in [0.717, 1.165) is 18.7 Å². The highest BCUT2D eigenvalue weighted by Gasteiger charge is 2.24. The highest BCUT2D eigenvalue weighted by atomic mass is 32.1. The Morgan fingerprint density at radius 1 is 1.31 bits per heavy atom. The molecule has 3 heterocycles. The second kappa shape index (κ2) is 9.54. The predicted octanol–water partition coefficient (Wildman–Crippen LogP) is 3.18. The molecule has 3 rings (SSSR count). The van der Waals surface area contributed by atoms with Crippen LogP contribution in [0.5, 0.6) is 5.88 Å². The van der Waals surface area contributed by atoms with E-state index in [1.807, 2.05) is 19.1 Å². The number of nitrogens with zero attached hydrogens (tertiary/aromatic N) is 2. The minimum atomic E-state index is -0.169. The fourth-order valence-corrected chi connectivity index (χ4v) is 4.06. The molecule has 1 fully saturated rings. The topological polar surface area (TPSA) is 66.5 Å². The summed E-state index contributed by atoms with van der Waals surface area (Å²) < 4.78 is 5.50. The zero-order valence-corrected chi connectivity index (χ0v) is 15.9. The van der Waals surface area contributed by atoms with Gasteiger partial charge in [-0.15, -0.1) is 11.3 Å². The van der Waals surface area contributed by atoms with E-state index in [4.69, 9.17) is 4.74 Å². The van der Waals surface area contributed by atoms with Crippen molar-refractivity contribution in [2.45, 2.75) is 32.4 Å². The Bertz CT molecular complexity index is 687. The standard InChI is InChI=1S/C19H26N4O2S/c1-2-25-18-15(7-5-9-20-18)13-21-19(24)22-14-16(17-8-6-12-26-17)23-10-3-4-11-23/h5-9,12,16H,2-4,10-11,13-14H2,1H3,(H2,21,22,24). The van der Waals surface area contributed by atoms with Gasteiger partial charge in [0, 0.05) is 29.7 Å². The van der Waals surface area contributed by atoms with Gasteiger partial charge in [-0.05, 0) is 50.4 Å². The lowest BCUT2D eigenvalue weighted by Gasteiger charge is -2.27. The Labute approximate surface area is 158 Å². The maximum Gasteiger partial charge on any atom is 0.315 e. The molecular weight excluding hydrogens is 348 g/mol. The van der Waals surface area contributed by atoms with Gasteiger partial charge in [-0.3, -0.25) is 4.90 Å². The number of carbonyl (C=O) groups is 1. The van der Waals surface area contributed by atoms with Crippen LogP contribution in [-0.4, -0.2) is 42.2 Å². The molecule has 1 unspecified atom stereocenters. The van der Waals surface area contributed by atoms with Gasteiger partial charge >= 0.3 is 6.03 Å². The lowest BCUT2D eigenvalue weighted by molar-refractivity contribution is 0.222. The fraction of sp³-hybridized carbons (Fsp3) is 0.474. The molecule has 2 aromatic heterocycles. The molecule has 1 aliphatic rings. The molecule has 26 heavy (non-hydrogen) atoms. The van der Waals surface area contributed by atoms with E-state index < -0.39 is 0 Å². The Morgan fingerprint density at radius 3 is 2.88 bits per heavy atom. The van der Waals surface area contributed by atoms with E-state index in [9.17, 15) is 4.79 Å². The third-order valence-corrected chi connectivity index (χ3v) is 5.45. The van der Waals surface area contributed by atoms with Gasteiger partial charge in [0.05, 0.1) is 12.6 Å². The summed E-state index contributed by atoms with van der Waals surface area (Å²) in [6.07, 6.45) is 4.15. The van der Waals surface area contributed by atoms with Crippen molar-refractivity contribution in [2.24, 2.45) is 0 Å². The first-order chi connectivity index (χ1) is 12.8. The van der Waals surface area contributed by atoms with Crippen molar-refractivity contribution in [3.05, 3.63) is 46.3 Å². The normalized spacial score (nSPS) is 15.6. The number of urea groups is 1. The molecule has 1 aliphatic heterocycles. The molecule has 0 radical (unpaired) electrons. The van der Waals surface area contributed by atoms with Crippen molar-refractivity contribution in [1.82, 2.24) is 20.5 Å². The van der Waals surface area contributed by atoms with Crippen LogP contribution < -0.4 is 15.4 Å². The summed E-state index contributed by atoms with van der Waals surface area (Å²) in [5.74, 6) is 0.573. The summed E-state index contributed by atoms with van der Waals surface area (Å²) in [5, 5.41) is 8.02. The number of carbonyl (C=O) groups excluding carboxylic acids is 1. The Morgan fingerprint density at radius 2 is 2.15 bits per heavy atom. The van der Waals surface area contributed by atoms with Crippen molar-refractivity contribution in [3.63, 3.8) is 0 Å². The minimum Gasteiger partial charge on any atom is -0.478 e. The highest BCUT2D eigenvalue weighted by molar-refractivity contribution is 7.10. The van der Waals surface area contributed by atoms with Crippen LogP contribution in [0, 0.1) is 0 Å². The fourth-order valence-electron chi connectivity index (χ4n) is 3.20. The molecule has 0 aromatic carbocycles. The number of likely N-dealkylation sites (tertiary alicyclic amines) is 1. The number of nitrogens with one attached hydrogen (secondary N) is 2. The first-order valence-corrected chi connectivity index (χ1v) is 10.0. The summed E-state index contributed by atoms with van der Waals surface area (Å²) in [5.41, 5.74) is 0.874. The van der Waals surface area contributed by atoms with Crippen LogP contribution >= 0.6 is 11.3 Å². The van der Waals surface area contributed by atoms with E-state index in [2.05, 4.69) is 38.0 Å². The number of aromatic nitrogens is 1. The smallest absolute Gasteiger partial charge is 0.315 e. The van der Waals surface area contributed by atoms with Gasteiger partial charge in [0.25, 0.3) is 0 Å². The molecular formula is C19H26N4O2S. The Balaban J connectivity index is 1.52. The number of rotatable bonds is 8. The molecule has 2 aromatic rings. The summed E-state index contributed by atoms with van der Waals surface area (Å²) in [7, 11) is 0. The summed E-state index contributed by atoms with van der Waals surface area (Å²) in [6, 6.07) is 8.06. The summed E-state index contributed by atoms with van der Waals surface area (Å²) >= 11 is 1.75. The van der Waals surface area contributed by atoms with Crippen LogP contribution in [0.25, 0.3) is 0 Å². The van der Waals surface area contributed by atoms with Crippen LogP contribution in [0.3, 0.4) is 0 Å². The molecule has 7 heteroatoms. The van der Waals surface area contributed by atoms with E-state index >= 15 is 0 Å². The van der Waals surface area contributed by atoms with E-state index in [1.165, 1.54) is 17.7 Å². The number of amides is 2. The lowest BCUT2D eigenvalue weighted by Crippen LogP contribution is -2.41. The second-order valence-corrected chi connectivity index (χ2v) is 7.22. The molecule has 2 N–H and O–H groups in total. The average Bonchev–Trinajstić information content (AvgIpc) is 3.36. The molecule has 1 atom stereocenters. The van der Waals surface area contributed by atoms with Gasteiger partial charge in [-0.25, -0.2) is 9.78 Å². The molecule has 6 nitrogen and oxygen atoms in total. The average molecular weight is 375 g/mol. The largest absolute Gasteiger partial charge is 0.478 e. The van der Waals surface area contributed by atoms with Crippen molar-refractivity contribution in [1.29, 1.82) is 0 Å². The maximum atomic E-state index is 12.3. The molecule has 0 spiro atoms. The van der Waals surface area contributed by atoms with Crippen LogP contribution in [0.1, 0.15) is 36.2 Å². The predicted molar refractivity (Wildman–Crippen MR) is 104 cm³/mol. The van der Waals surface area contributed by atoms with E-state index in [1.54, 1.807) is 17.5 Å². The third-order valence-electron chi connectivity index (χ3n) is 4.48. The number of hydrogen-bond acceptors (Lipinski definition) is 5. The second-order valence-electron chi connectivity index (χ2n) is 6.24. The van der Waals surface area contributed by atoms with Crippen LogP contribution in [0.2, 0.25) is 0 Å². The minimum absolute atomic E-state index is 0.169. The third kappa shape index (κ3) is 4.95. The monoisotopic (exact) mass is 374 g/mol. The van der Waals surface area contributed by atoms with Gasteiger partial charge < -0.3 is 15.4 Å². The number of thiophene rings is 1. The van der Waals surface area contributed by atoms with Gasteiger partial charge in [0.15, 0.2) is 0 Å².